The van der Waals surface area contributed by atoms with E-state index in [9.17, 15) is 0 Å². The minimum Gasteiger partial charge on any atom is -0.381 e. The molecule has 0 atom stereocenters. The van der Waals surface area contributed by atoms with Gasteiger partial charge in [-0.3, -0.25) is 0 Å². The first-order chi connectivity index (χ1) is 7.79. The van der Waals surface area contributed by atoms with Gasteiger partial charge >= 0.3 is 0 Å². The molecule has 0 aromatic heterocycles. The van der Waals surface area contributed by atoms with Crippen molar-refractivity contribution in [2.24, 2.45) is 0 Å². The second-order valence-corrected chi connectivity index (χ2v) is 4.54. The van der Waals surface area contributed by atoms with Crippen LogP contribution in [-0.4, -0.2) is 76.5 Å². The molecule has 96 valence electrons. The van der Waals surface area contributed by atoms with Crippen LogP contribution in [0.4, 0.5) is 0 Å². The Morgan fingerprint density at radius 3 is 1.56 bits per heavy atom. The molecule has 4 heteroatoms. The van der Waals surface area contributed by atoms with Crippen LogP contribution in [0, 0.1) is 0 Å². The zero-order chi connectivity index (χ0) is 11.6. The van der Waals surface area contributed by atoms with Gasteiger partial charge in [0.15, 0.2) is 0 Å². The van der Waals surface area contributed by atoms with Gasteiger partial charge in [0.25, 0.3) is 0 Å². The predicted molar refractivity (Wildman–Crippen MR) is 65.9 cm³/mol. The van der Waals surface area contributed by atoms with Gasteiger partial charge in [0, 0.05) is 39.4 Å². The van der Waals surface area contributed by atoms with Gasteiger partial charge in [-0.25, -0.2) is 0 Å². The lowest BCUT2D eigenvalue weighted by atomic mass is 10.4. The first kappa shape index (κ1) is 13.9. The zero-order valence-corrected chi connectivity index (χ0v) is 10.8. The smallest absolute Gasteiger partial charge is 0.0593 e. The zero-order valence-electron chi connectivity index (χ0n) is 10.8. The third-order valence-corrected chi connectivity index (χ3v) is 2.89. The standard InChI is InChI=1S/C12H26N2O2/c1-13-5-3-9-15-10-4-6-14(2)8-12-16-11-7-13/h3-12H2,1-2H3. The number of nitrogens with zero attached hydrogens (tertiary/aromatic N) is 2. The van der Waals surface area contributed by atoms with E-state index in [2.05, 4.69) is 23.9 Å². The van der Waals surface area contributed by atoms with Crippen LogP contribution in [0.15, 0.2) is 0 Å². The van der Waals surface area contributed by atoms with Crippen molar-refractivity contribution in [1.29, 1.82) is 0 Å². The fourth-order valence-electron chi connectivity index (χ4n) is 1.74. The van der Waals surface area contributed by atoms with Crippen molar-refractivity contribution in [3.63, 3.8) is 0 Å². The summed E-state index contributed by atoms with van der Waals surface area (Å²) in [7, 11) is 4.28. The third kappa shape index (κ3) is 7.17. The Hall–Kier alpha value is -0.160. The van der Waals surface area contributed by atoms with Crippen molar-refractivity contribution in [3.05, 3.63) is 0 Å². The summed E-state index contributed by atoms with van der Waals surface area (Å²) in [6.07, 6.45) is 2.23. The predicted octanol–water partition coefficient (Wildman–Crippen LogP) is 0.677. The lowest BCUT2D eigenvalue weighted by Crippen LogP contribution is -2.29. The second-order valence-electron chi connectivity index (χ2n) is 4.54. The molecule has 0 unspecified atom stereocenters. The molecular formula is C12H26N2O2. The van der Waals surface area contributed by atoms with E-state index in [1.807, 2.05) is 0 Å². The summed E-state index contributed by atoms with van der Waals surface area (Å²) in [6, 6.07) is 0. The molecule has 1 saturated heterocycles. The summed E-state index contributed by atoms with van der Waals surface area (Å²) in [5.41, 5.74) is 0. The quantitative estimate of drug-likeness (QED) is 0.611. The second kappa shape index (κ2) is 8.93. The van der Waals surface area contributed by atoms with Gasteiger partial charge in [-0.1, -0.05) is 0 Å². The molecule has 1 fully saturated rings. The van der Waals surface area contributed by atoms with Crippen LogP contribution in [0.25, 0.3) is 0 Å². The van der Waals surface area contributed by atoms with Gasteiger partial charge in [0.05, 0.1) is 13.2 Å². The molecule has 0 aliphatic carbocycles. The molecule has 16 heavy (non-hydrogen) atoms. The first-order valence-electron chi connectivity index (χ1n) is 6.31. The van der Waals surface area contributed by atoms with Crippen LogP contribution < -0.4 is 0 Å². The van der Waals surface area contributed by atoms with E-state index < -0.39 is 0 Å². The summed E-state index contributed by atoms with van der Waals surface area (Å²) in [4.78, 5) is 4.61. The molecule has 1 heterocycles. The minimum atomic E-state index is 0.838. The van der Waals surface area contributed by atoms with E-state index in [0.717, 1.165) is 65.4 Å². The van der Waals surface area contributed by atoms with Crippen molar-refractivity contribution in [2.75, 3.05) is 66.7 Å². The molecule has 0 aromatic rings. The summed E-state index contributed by atoms with van der Waals surface area (Å²) in [5.74, 6) is 0. The number of ether oxygens (including phenoxy) is 2. The van der Waals surface area contributed by atoms with Crippen molar-refractivity contribution >= 4 is 0 Å². The molecule has 4 nitrogen and oxygen atoms in total. The van der Waals surface area contributed by atoms with Crippen LogP contribution in [0.5, 0.6) is 0 Å². The molecule has 1 rings (SSSR count). The van der Waals surface area contributed by atoms with Gasteiger partial charge < -0.3 is 19.3 Å². The maximum Gasteiger partial charge on any atom is 0.0593 e. The van der Waals surface area contributed by atoms with Crippen LogP contribution in [0.1, 0.15) is 12.8 Å². The van der Waals surface area contributed by atoms with E-state index in [-0.39, 0.29) is 0 Å². The van der Waals surface area contributed by atoms with E-state index in [1.165, 1.54) is 0 Å². The average Bonchev–Trinajstić information content (AvgIpc) is 2.26. The lowest BCUT2D eigenvalue weighted by molar-refractivity contribution is 0.0746. The molecule has 0 radical (unpaired) electrons. The van der Waals surface area contributed by atoms with E-state index in [1.54, 1.807) is 0 Å². The Bertz CT molecular complexity index is 151. The number of rotatable bonds is 0. The highest BCUT2D eigenvalue weighted by atomic mass is 16.5. The van der Waals surface area contributed by atoms with E-state index >= 15 is 0 Å². The number of hydrogen-bond donors (Lipinski definition) is 0. The fraction of sp³-hybridized carbons (Fsp3) is 1.00. The van der Waals surface area contributed by atoms with Gasteiger partial charge in [-0.2, -0.15) is 0 Å². The lowest BCUT2D eigenvalue weighted by Gasteiger charge is -2.20. The van der Waals surface area contributed by atoms with Gasteiger partial charge in [-0.05, 0) is 26.9 Å². The SMILES string of the molecule is CN1CCCOCCCN(C)CCOCC1. The average molecular weight is 230 g/mol. The molecule has 1 aliphatic rings. The van der Waals surface area contributed by atoms with Crippen LogP contribution >= 0.6 is 0 Å². The monoisotopic (exact) mass is 230 g/mol. The Morgan fingerprint density at radius 2 is 1.06 bits per heavy atom. The highest BCUT2D eigenvalue weighted by Crippen LogP contribution is 1.94. The molecule has 0 bridgehead atoms. The highest BCUT2D eigenvalue weighted by Gasteiger charge is 2.02. The summed E-state index contributed by atoms with van der Waals surface area (Å²) in [6.45, 7) is 7.68. The molecule has 0 amide bonds. The number of hydrogen-bond acceptors (Lipinski definition) is 4. The largest absolute Gasteiger partial charge is 0.381 e. The van der Waals surface area contributed by atoms with Crippen LogP contribution in [0.3, 0.4) is 0 Å². The maximum atomic E-state index is 5.60. The van der Waals surface area contributed by atoms with Gasteiger partial charge in [0.2, 0.25) is 0 Å². The molecule has 0 aromatic carbocycles. The minimum absolute atomic E-state index is 0.838. The molecule has 0 saturated carbocycles. The van der Waals surface area contributed by atoms with Crippen molar-refractivity contribution < 1.29 is 9.47 Å². The Labute approximate surface area is 99.5 Å². The molecule has 0 spiro atoms. The maximum absolute atomic E-state index is 5.60. The van der Waals surface area contributed by atoms with E-state index in [0.29, 0.717) is 0 Å². The molecule has 0 N–H and O–H groups in total. The Balaban J connectivity index is 2.18. The summed E-state index contributed by atoms with van der Waals surface area (Å²) >= 11 is 0. The highest BCUT2D eigenvalue weighted by molar-refractivity contribution is 4.54. The van der Waals surface area contributed by atoms with Gasteiger partial charge in [0.1, 0.15) is 0 Å². The fourth-order valence-corrected chi connectivity index (χ4v) is 1.74. The molecule has 1 aliphatic heterocycles. The summed E-state index contributed by atoms with van der Waals surface area (Å²) in [5, 5.41) is 0. The Kier molecular flexibility index (Phi) is 7.76. The van der Waals surface area contributed by atoms with Gasteiger partial charge in [-0.15, -0.1) is 0 Å². The third-order valence-electron chi connectivity index (χ3n) is 2.89. The Morgan fingerprint density at radius 1 is 0.625 bits per heavy atom. The number of likely N-dealkylation sites (N-methyl/N-ethyl adjacent to an activating group) is 2. The molecular weight excluding hydrogens is 204 g/mol. The van der Waals surface area contributed by atoms with Crippen LogP contribution in [0.2, 0.25) is 0 Å². The topological polar surface area (TPSA) is 24.9 Å². The van der Waals surface area contributed by atoms with Crippen LogP contribution in [-0.2, 0) is 9.47 Å². The van der Waals surface area contributed by atoms with Crippen molar-refractivity contribution in [1.82, 2.24) is 9.80 Å². The normalized spacial score (nSPS) is 25.1. The van der Waals surface area contributed by atoms with Crippen molar-refractivity contribution in [3.8, 4) is 0 Å². The first-order valence-corrected chi connectivity index (χ1v) is 6.31. The van der Waals surface area contributed by atoms with Crippen molar-refractivity contribution in [2.45, 2.75) is 12.8 Å². The van der Waals surface area contributed by atoms with E-state index in [4.69, 9.17) is 9.47 Å². The summed E-state index contributed by atoms with van der Waals surface area (Å²) < 4.78 is 11.2.